The number of anilines is 2. The fourth-order valence-corrected chi connectivity index (χ4v) is 4.34. The monoisotopic (exact) mass is 497 g/mol. The zero-order valence-corrected chi connectivity index (χ0v) is 18.8. The summed E-state index contributed by atoms with van der Waals surface area (Å²) in [6.45, 7) is 1.18. The minimum atomic E-state index is -4.54. The van der Waals surface area contributed by atoms with Gasteiger partial charge in [-0.15, -0.1) is 0 Å². The maximum absolute atomic E-state index is 12.9. The lowest BCUT2D eigenvalue weighted by Crippen LogP contribution is -2.38. The Morgan fingerprint density at radius 1 is 1.14 bits per heavy atom. The highest BCUT2D eigenvalue weighted by atomic mass is 19.4. The van der Waals surface area contributed by atoms with E-state index in [9.17, 15) is 23.1 Å². The van der Waals surface area contributed by atoms with E-state index in [1.54, 1.807) is 36.7 Å². The molecule has 4 heterocycles. The van der Waals surface area contributed by atoms with Crippen molar-refractivity contribution in [3.8, 4) is 11.3 Å². The Labute approximate surface area is 203 Å². The number of nitrogens with one attached hydrogen (secondary N) is 2. The first kappa shape index (κ1) is 23.7. The third-order valence-corrected chi connectivity index (χ3v) is 6.05. The highest BCUT2D eigenvalue weighted by Gasteiger charge is 2.31. The molecule has 36 heavy (non-hydrogen) atoms. The summed E-state index contributed by atoms with van der Waals surface area (Å²) >= 11 is 0. The van der Waals surface area contributed by atoms with E-state index in [4.69, 9.17) is 10.7 Å². The van der Waals surface area contributed by atoms with E-state index in [-0.39, 0.29) is 23.1 Å². The molecule has 0 unspecified atom stereocenters. The molecule has 1 amide bonds. The normalized spacial score (nSPS) is 18.3. The molecule has 186 valence electrons. The number of nitrogen functional groups attached to an aromatic ring is 1. The molecule has 1 aliphatic rings. The van der Waals surface area contributed by atoms with E-state index < -0.39 is 23.8 Å². The quantitative estimate of drug-likeness (QED) is 0.341. The molecule has 5 rings (SSSR count). The lowest BCUT2D eigenvalue weighted by atomic mass is 9.97. The number of hydrogen-bond donors (Lipinski definition) is 4. The lowest BCUT2D eigenvalue weighted by molar-refractivity contribution is -0.137. The number of carbonyl (C=O) groups excluding carboxylic acids is 1. The smallest absolute Gasteiger partial charge is 0.392 e. The number of halogens is 3. The van der Waals surface area contributed by atoms with E-state index in [1.165, 1.54) is 0 Å². The van der Waals surface area contributed by atoms with Gasteiger partial charge < -0.3 is 21.5 Å². The molecular formula is C24H22F3N7O2. The highest BCUT2D eigenvalue weighted by molar-refractivity contribution is 6.04. The predicted molar refractivity (Wildman–Crippen MR) is 126 cm³/mol. The van der Waals surface area contributed by atoms with Gasteiger partial charge in [0.05, 0.1) is 11.7 Å². The van der Waals surface area contributed by atoms with Crippen molar-refractivity contribution in [3.05, 3.63) is 71.9 Å². The molecular weight excluding hydrogens is 475 g/mol. The van der Waals surface area contributed by atoms with Crippen LogP contribution in [0.2, 0.25) is 0 Å². The van der Waals surface area contributed by atoms with Gasteiger partial charge >= 0.3 is 6.18 Å². The van der Waals surface area contributed by atoms with Crippen LogP contribution in [-0.2, 0) is 6.18 Å². The Hall–Kier alpha value is -4.03. The van der Waals surface area contributed by atoms with Crippen molar-refractivity contribution in [2.75, 3.05) is 24.1 Å². The van der Waals surface area contributed by atoms with Crippen LogP contribution < -0.4 is 16.4 Å². The Bertz CT molecular complexity index is 1420. The van der Waals surface area contributed by atoms with Crippen molar-refractivity contribution in [2.24, 2.45) is 0 Å². The summed E-state index contributed by atoms with van der Waals surface area (Å²) in [6.07, 6.45) is -0.137. The van der Waals surface area contributed by atoms with Gasteiger partial charge in [0.1, 0.15) is 28.7 Å². The average molecular weight is 497 g/mol. The van der Waals surface area contributed by atoms with Gasteiger partial charge in [-0.25, -0.2) is 15.0 Å². The molecule has 1 aliphatic heterocycles. The molecule has 0 saturated carbocycles. The molecule has 1 fully saturated rings. The molecule has 9 nitrogen and oxygen atoms in total. The summed E-state index contributed by atoms with van der Waals surface area (Å²) in [7, 11) is 0. The number of benzene rings is 1. The molecule has 3 aromatic heterocycles. The third kappa shape index (κ3) is 4.60. The third-order valence-electron chi connectivity index (χ3n) is 6.05. The largest absolute Gasteiger partial charge is 0.416 e. The number of hydrogen-bond acceptors (Lipinski definition) is 7. The fraction of sp³-hybridized carbons (Fsp3) is 0.250. The number of fused-ring (bicyclic) bond motifs is 1. The van der Waals surface area contributed by atoms with E-state index >= 15 is 0 Å². The Morgan fingerprint density at radius 3 is 2.64 bits per heavy atom. The van der Waals surface area contributed by atoms with Crippen molar-refractivity contribution in [1.29, 1.82) is 0 Å². The molecule has 2 atom stereocenters. The topological polar surface area (TPSA) is 130 Å². The molecule has 1 aromatic carbocycles. The SMILES string of the molecule is Nc1nccn2c([C@H]3CNC[C@@H](O)C3)nc(-c3ccc(C(=O)Nc4cc(C(F)(F)F)ccn4)cc3)c12. The highest BCUT2D eigenvalue weighted by Crippen LogP contribution is 2.33. The van der Waals surface area contributed by atoms with Crippen molar-refractivity contribution >= 4 is 23.1 Å². The number of β-amino-alcohol motifs (C(OH)–C–C–N with tert-alkyl or cyclic N) is 1. The van der Waals surface area contributed by atoms with Crippen molar-refractivity contribution in [1.82, 2.24) is 24.7 Å². The van der Waals surface area contributed by atoms with E-state index in [0.717, 1.165) is 24.2 Å². The second-order valence-electron chi connectivity index (χ2n) is 8.55. The van der Waals surface area contributed by atoms with E-state index in [0.29, 0.717) is 36.3 Å². The van der Waals surface area contributed by atoms with Gasteiger partial charge in [-0.1, -0.05) is 12.1 Å². The van der Waals surface area contributed by atoms with Gasteiger partial charge in [0.2, 0.25) is 0 Å². The van der Waals surface area contributed by atoms with Crippen molar-refractivity contribution in [3.63, 3.8) is 0 Å². The summed E-state index contributed by atoms with van der Waals surface area (Å²) in [5, 5.41) is 15.7. The van der Waals surface area contributed by atoms with Crippen LogP contribution >= 0.6 is 0 Å². The lowest BCUT2D eigenvalue weighted by Gasteiger charge is -2.26. The molecule has 0 radical (unpaired) electrons. The summed E-state index contributed by atoms with van der Waals surface area (Å²) in [6, 6.07) is 8.06. The molecule has 0 spiro atoms. The molecule has 4 aromatic rings. The first-order valence-corrected chi connectivity index (χ1v) is 11.2. The van der Waals surface area contributed by atoms with Crippen LogP contribution in [0, 0.1) is 0 Å². The van der Waals surface area contributed by atoms with Crippen LogP contribution in [0.15, 0.2) is 55.0 Å². The maximum atomic E-state index is 12.9. The number of imidazole rings is 1. The number of carbonyl (C=O) groups is 1. The number of nitrogens with two attached hydrogens (primary N) is 1. The van der Waals surface area contributed by atoms with Crippen LogP contribution in [0.5, 0.6) is 0 Å². The Kier molecular flexibility index (Phi) is 6.06. The number of amides is 1. The first-order valence-electron chi connectivity index (χ1n) is 11.2. The van der Waals surface area contributed by atoms with Crippen LogP contribution in [0.3, 0.4) is 0 Å². The van der Waals surface area contributed by atoms with Crippen LogP contribution in [0.4, 0.5) is 24.8 Å². The minimum absolute atomic E-state index is 0.0400. The second kappa shape index (κ2) is 9.21. The predicted octanol–water partition coefficient (Wildman–Crippen LogP) is 3.08. The van der Waals surface area contributed by atoms with Crippen molar-refractivity contribution < 1.29 is 23.1 Å². The second-order valence-corrected chi connectivity index (χ2v) is 8.55. The van der Waals surface area contributed by atoms with E-state index in [1.807, 2.05) is 4.40 Å². The standard InChI is InChI=1S/C24H22F3N7O2/c25-24(26,27)16-5-6-30-18(10-16)32-23(36)14-3-1-13(2-4-14)19-20-21(28)31-7-8-34(20)22(33-19)15-9-17(35)12-29-11-15/h1-8,10,15,17,29,35H,9,11-12H2,(H2,28,31)(H,30,32,36)/t15-,17+/m1/s1. The number of pyridine rings is 1. The average Bonchev–Trinajstić information content (AvgIpc) is 3.25. The number of aromatic nitrogens is 4. The number of piperidine rings is 1. The van der Waals surface area contributed by atoms with E-state index in [2.05, 4.69) is 20.6 Å². The molecule has 5 N–H and O–H groups in total. The number of aliphatic hydroxyl groups excluding tert-OH is 1. The number of aliphatic hydroxyl groups is 1. The first-order chi connectivity index (χ1) is 17.2. The summed E-state index contributed by atoms with van der Waals surface area (Å²) < 4.78 is 40.7. The van der Waals surface area contributed by atoms with Crippen LogP contribution in [0.25, 0.3) is 16.8 Å². The minimum Gasteiger partial charge on any atom is -0.392 e. The summed E-state index contributed by atoms with van der Waals surface area (Å²) in [5.74, 6) is 0.172. The van der Waals surface area contributed by atoms with Gasteiger partial charge in [0.15, 0.2) is 0 Å². The maximum Gasteiger partial charge on any atom is 0.416 e. The number of rotatable bonds is 4. The molecule has 12 heteroatoms. The number of alkyl halides is 3. The molecule has 1 saturated heterocycles. The Balaban J connectivity index is 1.43. The zero-order chi connectivity index (χ0) is 25.4. The zero-order valence-electron chi connectivity index (χ0n) is 18.8. The van der Waals surface area contributed by atoms with Gasteiger partial charge in [-0.3, -0.25) is 9.20 Å². The van der Waals surface area contributed by atoms with Gasteiger partial charge in [0, 0.05) is 48.7 Å². The number of nitrogens with zero attached hydrogens (tertiary/aromatic N) is 4. The van der Waals surface area contributed by atoms with Gasteiger partial charge in [-0.2, -0.15) is 13.2 Å². The summed E-state index contributed by atoms with van der Waals surface area (Å²) in [5.41, 5.74) is 7.37. The van der Waals surface area contributed by atoms with Gasteiger partial charge in [0.25, 0.3) is 5.91 Å². The molecule has 0 aliphatic carbocycles. The van der Waals surface area contributed by atoms with Crippen LogP contribution in [0.1, 0.15) is 34.1 Å². The Morgan fingerprint density at radius 2 is 1.92 bits per heavy atom. The fourth-order valence-electron chi connectivity index (χ4n) is 4.34. The van der Waals surface area contributed by atoms with Crippen molar-refractivity contribution in [2.45, 2.75) is 24.6 Å². The summed E-state index contributed by atoms with van der Waals surface area (Å²) in [4.78, 5) is 25.4. The van der Waals surface area contributed by atoms with Crippen LogP contribution in [-0.4, -0.2) is 49.6 Å². The van der Waals surface area contributed by atoms with Gasteiger partial charge in [-0.05, 0) is 30.7 Å². The molecule has 0 bridgehead atoms.